The number of nitro groups is 1. The fourth-order valence-electron chi connectivity index (χ4n) is 3.48. The highest BCUT2D eigenvalue weighted by atomic mass is 32.2. The number of furan rings is 1. The molecule has 1 fully saturated rings. The molecule has 1 aliphatic rings. The lowest BCUT2D eigenvalue weighted by atomic mass is 10.1. The topological polar surface area (TPSA) is 114 Å². The van der Waals surface area contributed by atoms with E-state index in [0.717, 1.165) is 17.7 Å². The average Bonchev–Trinajstić information content (AvgIpc) is 3.29. The van der Waals surface area contributed by atoms with Gasteiger partial charge in [0.15, 0.2) is 5.76 Å². The van der Waals surface area contributed by atoms with Gasteiger partial charge in [-0.1, -0.05) is 30.3 Å². The zero-order valence-corrected chi connectivity index (χ0v) is 17.2. The van der Waals surface area contributed by atoms with Gasteiger partial charge >= 0.3 is 0 Å². The SMILES string of the molecule is O=C(c1occc1-c1ccccc1)N1CCN(S(=O)(=O)c2ccc([N+](=O)[O-])cc2)CC1. The Labute approximate surface area is 178 Å². The van der Waals surface area contributed by atoms with E-state index in [1.54, 1.807) is 11.0 Å². The van der Waals surface area contributed by atoms with Gasteiger partial charge in [-0.2, -0.15) is 4.31 Å². The van der Waals surface area contributed by atoms with Crippen molar-refractivity contribution in [1.82, 2.24) is 9.21 Å². The van der Waals surface area contributed by atoms with Crippen LogP contribution in [0.25, 0.3) is 11.1 Å². The highest BCUT2D eigenvalue weighted by Gasteiger charge is 2.32. The third-order valence-electron chi connectivity index (χ3n) is 5.16. The minimum absolute atomic E-state index is 0.0183. The Morgan fingerprint density at radius 1 is 0.935 bits per heavy atom. The molecule has 0 bridgehead atoms. The first-order valence-electron chi connectivity index (χ1n) is 9.55. The van der Waals surface area contributed by atoms with Crippen molar-refractivity contribution in [2.75, 3.05) is 26.2 Å². The monoisotopic (exact) mass is 441 g/mol. The van der Waals surface area contributed by atoms with Gasteiger partial charge < -0.3 is 9.32 Å². The second kappa shape index (κ2) is 8.32. The third kappa shape index (κ3) is 4.07. The number of rotatable bonds is 5. The van der Waals surface area contributed by atoms with Crippen LogP contribution in [0.5, 0.6) is 0 Å². The van der Waals surface area contributed by atoms with E-state index in [1.807, 2.05) is 30.3 Å². The van der Waals surface area contributed by atoms with E-state index in [4.69, 9.17) is 4.42 Å². The van der Waals surface area contributed by atoms with Crippen LogP contribution in [0.2, 0.25) is 0 Å². The number of non-ortho nitro benzene ring substituents is 1. The maximum atomic E-state index is 13.0. The molecule has 0 aliphatic carbocycles. The molecule has 0 unspecified atom stereocenters. The zero-order chi connectivity index (χ0) is 22.0. The maximum absolute atomic E-state index is 13.0. The van der Waals surface area contributed by atoms with Crippen molar-refractivity contribution in [2.24, 2.45) is 0 Å². The number of piperazine rings is 1. The van der Waals surface area contributed by atoms with Crippen LogP contribution < -0.4 is 0 Å². The van der Waals surface area contributed by atoms with Gasteiger partial charge in [-0.3, -0.25) is 14.9 Å². The molecule has 31 heavy (non-hydrogen) atoms. The Bertz CT molecular complexity index is 1200. The lowest BCUT2D eigenvalue weighted by Crippen LogP contribution is -2.50. The average molecular weight is 441 g/mol. The molecule has 10 heteroatoms. The van der Waals surface area contributed by atoms with Crippen LogP contribution in [0.1, 0.15) is 10.6 Å². The molecular weight excluding hydrogens is 422 g/mol. The van der Waals surface area contributed by atoms with E-state index in [2.05, 4.69) is 0 Å². The Balaban J connectivity index is 1.46. The molecule has 0 radical (unpaired) electrons. The first-order chi connectivity index (χ1) is 14.9. The zero-order valence-electron chi connectivity index (χ0n) is 16.4. The molecule has 2 aromatic carbocycles. The number of nitrogens with zero attached hydrogens (tertiary/aromatic N) is 3. The van der Waals surface area contributed by atoms with Gasteiger partial charge in [-0.15, -0.1) is 0 Å². The fraction of sp³-hybridized carbons (Fsp3) is 0.190. The van der Waals surface area contributed by atoms with E-state index < -0.39 is 14.9 Å². The first kappa shape index (κ1) is 20.8. The number of benzene rings is 2. The van der Waals surface area contributed by atoms with Gasteiger partial charge in [-0.25, -0.2) is 8.42 Å². The third-order valence-corrected chi connectivity index (χ3v) is 7.07. The van der Waals surface area contributed by atoms with E-state index in [0.29, 0.717) is 5.56 Å². The van der Waals surface area contributed by atoms with Gasteiger partial charge in [0.1, 0.15) is 0 Å². The molecule has 1 saturated heterocycles. The van der Waals surface area contributed by atoms with Crippen molar-refractivity contribution in [2.45, 2.75) is 4.90 Å². The summed E-state index contributed by atoms with van der Waals surface area (Å²) >= 11 is 0. The van der Waals surface area contributed by atoms with Crippen molar-refractivity contribution in [1.29, 1.82) is 0 Å². The number of hydrogen-bond acceptors (Lipinski definition) is 6. The molecule has 0 saturated carbocycles. The van der Waals surface area contributed by atoms with Crippen LogP contribution >= 0.6 is 0 Å². The van der Waals surface area contributed by atoms with Gasteiger partial charge in [0.05, 0.1) is 16.1 Å². The summed E-state index contributed by atoms with van der Waals surface area (Å²) in [6, 6.07) is 15.9. The summed E-state index contributed by atoms with van der Waals surface area (Å²) in [6.45, 7) is 0.652. The largest absolute Gasteiger partial charge is 0.459 e. The van der Waals surface area contributed by atoms with E-state index in [1.165, 1.54) is 22.7 Å². The van der Waals surface area contributed by atoms with E-state index in [-0.39, 0.29) is 48.4 Å². The van der Waals surface area contributed by atoms with E-state index >= 15 is 0 Å². The van der Waals surface area contributed by atoms with Crippen LogP contribution in [-0.2, 0) is 10.0 Å². The van der Waals surface area contributed by atoms with Crippen LogP contribution in [0.4, 0.5) is 5.69 Å². The number of carbonyl (C=O) groups is 1. The number of carbonyl (C=O) groups excluding carboxylic acids is 1. The maximum Gasteiger partial charge on any atom is 0.290 e. The number of sulfonamides is 1. The molecule has 1 aliphatic heterocycles. The van der Waals surface area contributed by atoms with Crippen LogP contribution in [-0.4, -0.2) is 54.6 Å². The van der Waals surface area contributed by atoms with Crippen molar-refractivity contribution in [3.63, 3.8) is 0 Å². The lowest BCUT2D eigenvalue weighted by molar-refractivity contribution is -0.384. The summed E-state index contributed by atoms with van der Waals surface area (Å²) in [7, 11) is -3.81. The standard InChI is InChI=1S/C21H19N3O6S/c25-21(20-19(10-15-30-20)16-4-2-1-3-5-16)22-11-13-23(14-12-22)31(28,29)18-8-6-17(7-9-18)24(26)27/h1-10,15H,11-14H2. The number of nitro benzene ring substituents is 1. The summed E-state index contributed by atoms with van der Waals surface area (Å²) in [5.74, 6) is -0.0749. The quantitative estimate of drug-likeness (QED) is 0.444. The molecule has 2 heterocycles. The molecule has 4 rings (SSSR count). The summed E-state index contributed by atoms with van der Waals surface area (Å²) in [6.07, 6.45) is 1.46. The van der Waals surface area contributed by atoms with Gasteiger partial charge in [0.2, 0.25) is 10.0 Å². The van der Waals surface area contributed by atoms with Crippen LogP contribution in [0.15, 0.2) is 76.2 Å². The molecule has 9 nitrogen and oxygen atoms in total. The first-order valence-corrected chi connectivity index (χ1v) is 11.0. The summed E-state index contributed by atoms with van der Waals surface area (Å²) in [5.41, 5.74) is 1.37. The molecule has 1 aromatic heterocycles. The number of hydrogen-bond donors (Lipinski definition) is 0. The Hall–Kier alpha value is -3.50. The highest BCUT2D eigenvalue weighted by Crippen LogP contribution is 2.27. The molecule has 1 amide bonds. The summed E-state index contributed by atoms with van der Waals surface area (Å²) in [5, 5.41) is 10.8. The smallest absolute Gasteiger partial charge is 0.290 e. The minimum atomic E-state index is -3.81. The normalized spacial score (nSPS) is 15.0. The molecular formula is C21H19N3O6S. The molecule has 0 spiro atoms. The summed E-state index contributed by atoms with van der Waals surface area (Å²) < 4.78 is 32.4. The second-order valence-electron chi connectivity index (χ2n) is 6.98. The van der Waals surface area contributed by atoms with Crippen molar-refractivity contribution >= 4 is 21.6 Å². The minimum Gasteiger partial charge on any atom is -0.459 e. The van der Waals surface area contributed by atoms with Crippen molar-refractivity contribution < 1.29 is 22.6 Å². The lowest BCUT2D eigenvalue weighted by Gasteiger charge is -2.33. The summed E-state index contributed by atoms with van der Waals surface area (Å²) in [4.78, 5) is 24.7. The predicted molar refractivity (Wildman–Crippen MR) is 112 cm³/mol. The van der Waals surface area contributed by atoms with Crippen molar-refractivity contribution in [3.8, 4) is 11.1 Å². The molecule has 3 aromatic rings. The van der Waals surface area contributed by atoms with Crippen molar-refractivity contribution in [3.05, 3.63) is 82.8 Å². The molecule has 160 valence electrons. The Morgan fingerprint density at radius 3 is 2.19 bits per heavy atom. The fourth-order valence-corrected chi connectivity index (χ4v) is 4.91. The van der Waals surface area contributed by atoms with Crippen LogP contribution in [0.3, 0.4) is 0 Å². The van der Waals surface area contributed by atoms with Crippen LogP contribution in [0, 0.1) is 10.1 Å². The Morgan fingerprint density at radius 2 is 1.58 bits per heavy atom. The predicted octanol–water partition coefficient (Wildman–Crippen LogP) is 3.00. The van der Waals surface area contributed by atoms with Gasteiger partial charge in [-0.05, 0) is 23.8 Å². The molecule has 0 atom stereocenters. The van der Waals surface area contributed by atoms with E-state index in [9.17, 15) is 23.3 Å². The molecule has 0 N–H and O–H groups in total. The second-order valence-corrected chi connectivity index (χ2v) is 8.91. The van der Waals surface area contributed by atoms with Gasteiger partial charge in [0, 0.05) is 43.9 Å². The van der Waals surface area contributed by atoms with Gasteiger partial charge in [0.25, 0.3) is 11.6 Å². The highest BCUT2D eigenvalue weighted by molar-refractivity contribution is 7.89. The number of amides is 1. The Kier molecular flexibility index (Phi) is 5.57.